The minimum atomic E-state index is 0.588. The Bertz CT molecular complexity index is 209. The third kappa shape index (κ3) is 7.43. The smallest absolute Gasteiger partial charge is 0.169 e. The lowest BCUT2D eigenvalue weighted by atomic mass is 10.1. The van der Waals surface area contributed by atoms with E-state index in [0.29, 0.717) is 6.42 Å². The molecule has 0 aliphatic heterocycles. The summed E-state index contributed by atoms with van der Waals surface area (Å²) < 4.78 is 0. The standard InChI is InChI=1S/C11H18N2O/c1-3-11(10-12-2)6-4-7-13-8-5-9-14/h3,9-10,13H,1-2,4-8H2/p+1/b11-10+. The Morgan fingerprint density at radius 1 is 1.43 bits per heavy atom. The van der Waals surface area contributed by atoms with E-state index in [4.69, 9.17) is 0 Å². The number of allylic oxidation sites excluding steroid dienone is 2. The van der Waals surface area contributed by atoms with Crippen molar-refractivity contribution < 1.29 is 9.79 Å². The normalized spacial score (nSPS) is 11.0. The van der Waals surface area contributed by atoms with Gasteiger partial charge in [0.1, 0.15) is 13.0 Å². The molecule has 0 aromatic carbocycles. The maximum Gasteiger partial charge on any atom is 0.169 e. The van der Waals surface area contributed by atoms with Crippen LogP contribution in [0.3, 0.4) is 0 Å². The topological polar surface area (TPSA) is 43.1 Å². The average molecular weight is 195 g/mol. The summed E-state index contributed by atoms with van der Waals surface area (Å²) in [5.74, 6) is 0. The Hall–Kier alpha value is -1.22. The van der Waals surface area contributed by atoms with Gasteiger partial charge in [-0.15, -0.1) is 0 Å². The van der Waals surface area contributed by atoms with Crippen LogP contribution < -0.4 is 10.3 Å². The molecule has 3 nitrogen and oxygen atoms in total. The number of carbonyl (C=O) groups excluding carboxylic acids is 1. The molecule has 0 heterocycles. The summed E-state index contributed by atoms with van der Waals surface area (Å²) in [6, 6.07) is 0. The molecule has 2 N–H and O–H groups in total. The molecule has 0 aromatic rings. The summed E-state index contributed by atoms with van der Waals surface area (Å²) in [5, 5.41) is 3.18. The van der Waals surface area contributed by atoms with Crippen molar-refractivity contribution in [3.05, 3.63) is 24.4 Å². The van der Waals surface area contributed by atoms with Gasteiger partial charge in [-0.1, -0.05) is 12.7 Å². The molecular weight excluding hydrogens is 176 g/mol. The molecule has 0 saturated heterocycles. The first kappa shape index (κ1) is 12.8. The second kappa shape index (κ2) is 9.86. The van der Waals surface area contributed by atoms with Crippen LogP contribution in [0.1, 0.15) is 19.3 Å². The van der Waals surface area contributed by atoms with Crippen LogP contribution in [0, 0.1) is 0 Å². The molecule has 0 rings (SSSR count). The first-order valence-electron chi connectivity index (χ1n) is 4.83. The molecule has 0 aromatic heterocycles. The lowest BCUT2D eigenvalue weighted by Crippen LogP contribution is -2.57. The summed E-state index contributed by atoms with van der Waals surface area (Å²) in [5.41, 5.74) is 1.15. The molecule has 0 saturated carbocycles. The predicted octanol–water partition coefficient (Wildman–Crippen LogP) is -0.204. The summed E-state index contributed by atoms with van der Waals surface area (Å²) >= 11 is 0. The first-order chi connectivity index (χ1) is 6.85. The Kier molecular flexibility index (Phi) is 9.01. The van der Waals surface area contributed by atoms with Gasteiger partial charge in [0.2, 0.25) is 0 Å². The molecule has 0 spiro atoms. The maximum atomic E-state index is 10.00. The fourth-order valence-corrected chi connectivity index (χ4v) is 1.07. The quantitative estimate of drug-likeness (QED) is 0.231. The minimum absolute atomic E-state index is 0.588. The molecule has 0 aliphatic rings. The predicted molar refractivity (Wildman–Crippen MR) is 59.1 cm³/mol. The third-order valence-corrected chi connectivity index (χ3v) is 1.81. The highest BCUT2D eigenvalue weighted by atomic mass is 16.1. The Labute approximate surface area is 85.6 Å². The fraction of sp³-hybridized carbons (Fsp3) is 0.455. The van der Waals surface area contributed by atoms with E-state index in [9.17, 15) is 4.79 Å². The monoisotopic (exact) mass is 195 g/mol. The van der Waals surface area contributed by atoms with Crippen molar-refractivity contribution >= 4 is 13.0 Å². The van der Waals surface area contributed by atoms with Gasteiger partial charge in [0.15, 0.2) is 6.20 Å². The summed E-state index contributed by atoms with van der Waals surface area (Å²) in [6.45, 7) is 8.91. The highest BCUT2D eigenvalue weighted by molar-refractivity contribution is 5.49. The molecule has 0 amide bonds. The lowest BCUT2D eigenvalue weighted by Gasteiger charge is -2.01. The lowest BCUT2D eigenvalue weighted by molar-refractivity contribution is -0.362. The Morgan fingerprint density at radius 2 is 2.21 bits per heavy atom. The van der Waals surface area contributed by atoms with Gasteiger partial charge >= 0.3 is 0 Å². The van der Waals surface area contributed by atoms with Crippen LogP contribution in [0.4, 0.5) is 0 Å². The summed E-state index contributed by atoms with van der Waals surface area (Å²) in [4.78, 5) is 12.7. The first-order valence-corrected chi connectivity index (χ1v) is 4.83. The molecule has 0 radical (unpaired) electrons. The van der Waals surface area contributed by atoms with E-state index < -0.39 is 0 Å². The number of aldehydes is 1. The van der Waals surface area contributed by atoms with E-state index in [1.54, 1.807) is 0 Å². The van der Waals surface area contributed by atoms with Gasteiger partial charge in [0, 0.05) is 18.5 Å². The van der Waals surface area contributed by atoms with Gasteiger partial charge in [-0.3, -0.25) is 0 Å². The number of nitrogens with one attached hydrogen (secondary N) is 2. The van der Waals surface area contributed by atoms with Crippen molar-refractivity contribution in [1.82, 2.24) is 5.32 Å². The van der Waals surface area contributed by atoms with Crippen molar-refractivity contribution in [2.24, 2.45) is 0 Å². The molecule has 14 heavy (non-hydrogen) atoms. The van der Waals surface area contributed by atoms with E-state index >= 15 is 0 Å². The van der Waals surface area contributed by atoms with Crippen LogP contribution in [-0.4, -0.2) is 26.1 Å². The van der Waals surface area contributed by atoms with Gasteiger partial charge in [-0.2, -0.15) is 0 Å². The third-order valence-electron chi connectivity index (χ3n) is 1.81. The fourth-order valence-electron chi connectivity index (χ4n) is 1.07. The van der Waals surface area contributed by atoms with E-state index in [1.165, 1.54) is 0 Å². The molecular formula is C11H19N2O+. The molecule has 78 valence electrons. The molecule has 0 atom stereocenters. The van der Waals surface area contributed by atoms with Crippen LogP contribution in [0.15, 0.2) is 24.4 Å². The number of rotatable bonds is 9. The zero-order valence-corrected chi connectivity index (χ0v) is 8.59. The van der Waals surface area contributed by atoms with Gasteiger partial charge in [-0.25, -0.2) is 4.99 Å². The van der Waals surface area contributed by atoms with E-state index in [0.717, 1.165) is 37.8 Å². The SMILES string of the molecule is C=C/C(=C\[NH+]=C)CCCNCCC=O. The Balaban J connectivity index is 3.42. The van der Waals surface area contributed by atoms with Gasteiger partial charge in [-0.05, 0) is 19.4 Å². The van der Waals surface area contributed by atoms with Crippen molar-refractivity contribution in [2.45, 2.75) is 19.3 Å². The van der Waals surface area contributed by atoms with Gasteiger partial charge < -0.3 is 10.1 Å². The van der Waals surface area contributed by atoms with Crippen molar-refractivity contribution in [2.75, 3.05) is 13.1 Å². The van der Waals surface area contributed by atoms with Crippen LogP contribution in [-0.2, 0) is 4.79 Å². The summed E-state index contributed by atoms with van der Waals surface area (Å²) in [6.07, 6.45) is 7.19. The second-order valence-corrected chi connectivity index (χ2v) is 2.94. The number of carbonyl (C=O) groups is 1. The second-order valence-electron chi connectivity index (χ2n) is 2.94. The van der Waals surface area contributed by atoms with Crippen LogP contribution in [0.2, 0.25) is 0 Å². The molecule has 0 fully saturated rings. The zero-order valence-electron chi connectivity index (χ0n) is 8.59. The van der Waals surface area contributed by atoms with Crippen LogP contribution in [0.25, 0.3) is 0 Å². The Morgan fingerprint density at radius 3 is 2.79 bits per heavy atom. The largest absolute Gasteiger partial charge is 0.316 e. The van der Waals surface area contributed by atoms with Gasteiger partial charge in [0.05, 0.1) is 0 Å². The number of hydrogen-bond acceptors (Lipinski definition) is 2. The zero-order chi connectivity index (χ0) is 10.6. The highest BCUT2D eigenvalue weighted by Gasteiger charge is 1.94. The van der Waals surface area contributed by atoms with E-state index in [2.05, 4.69) is 23.6 Å². The van der Waals surface area contributed by atoms with E-state index in [-0.39, 0.29) is 0 Å². The van der Waals surface area contributed by atoms with Crippen LogP contribution >= 0.6 is 0 Å². The van der Waals surface area contributed by atoms with Crippen LogP contribution in [0.5, 0.6) is 0 Å². The maximum absolute atomic E-state index is 10.00. The number of hydrogen-bond donors (Lipinski definition) is 2. The minimum Gasteiger partial charge on any atom is -0.316 e. The van der Waals surface area contributed by atoms with Crippen molar-refractivity contribution in [3.63, 3.8) is 0 Å². The van der Waals surface area contributed by atoms with E-state index in [1.807, 2.05) is 12.3 Å². The summed E-state index contributed by atoms with van der Waals surface area (Å²) in [7, 11) is 0. The molecule has 0 aliphatic carbocycles. The van der Waals surface area contributed by atoms with Gasteiger partial charge in [0.25, 0.3) is 0 Å². The average Bonchev–Trinajstić information content (AvgIpc) is 2.21. The molecule has 0 unspecified atom stereocenters. The van der Waals surface area contributed by atoms with Crippen molar-refractivity contribution in [1.29, 1.82) is 0 Å². The highest BCUT2D eigenvalue weighted by Crippen LogP contribution is 2.02. The molecule has 0 bridgehead atoms. The molecule has 3 heteroatoms. The van der Waals surface area contributed by atoms with Crippen molar-refractivity contribution in [3.8, 4) is 0 Å².